The predicted molar refractivity (Wildman–Crippen MR) is 110 cm³/mol. The van der Waals surface area contributed by atoms with Crippen molar-refractivity contribution >= 4 is 23.6 Å². The van der Waals surface area contributed by atoms with Gasteiger partial charge < -0.3 is 19.7 Å². The van der Waals surface area contributed by atoms with Crippen LogP contribution >= 0.6 is 11.8 Å². The van der Waals surface area contributed by atoms with E-state index in [4.69, 9.17) is 9.47 Å². The minimum atomic E-state index is -0.248. The average Bonchev–Trinajstić information content (AvgIpc) is 3.40. The van der Waals surface area contributed by atoms with Crippen LogP contribution in [0.2, 0.25) is 0 Å². The van der Waals surface area contributed by atoms with Crippen LogP contribution in [0.5, 0.6) is 0 Å². The molecule has 2 saturated heterocycles. The van der Waals surface area contributed by atoms with Crippen LogP contribution in [0.1, 0.15) is 16.8 Å². The summed E-state index contributed by atoms with van der Waals surface area (Å²) in [5.74, 6) is -0.121. The molecule has 0 aliphatic carbocycles. The Morgan fingerprint density at radius 3 is 2.63 bits per heavy atom. The summed E-state index contributed by atoms with van der Waals surface area (Å²) in [6.45, 7) is 2.25. The standard InChI is InChI=1S/C20H25N5O4S/c1-30-20-15(4-2-6-21-20)19(27)23-14-12-28-16-10-24(11-17(16)29-13-14)18(26)5-9-25-8-3-7-22-25/h2-4,6-8,14,16-17H,5,9-13H2,1H3,(H,23,27)/t16-,17-/m0/s1. The van der Waals surface area contributed by atoms with Crippen LogP contribution < -0.4 is 5.32 Å². The zero-order chi connectivity index (χ0) is 20.9. The van der Waals surface area contributed by atoms with Crippen LogP contribution in [0.4, 0.5) is 0 Å². The van der Waals surface area contributed by atoms with Crippen molar-refractivity contribution in [1.82, 2.24) is 25.0 Å². The van der Waals surface area contributed by atoms with Gasteiger partial charge in [0.25, 0.3) is 5.91 Å². The Bertz CT molecular complexity index is 862. The largest absolute Gasteiger partial charge is 0.371 e. The topological polar surface area (TPSA) is 98.6 Å². The number of aryl methyl sites for hydroxylation is 1. The van der Waals surface area contributed by atoms with Crippen LogP contribution in [0.25, 0.3) is 0 Å². The van der Waals surface area contributed by atoms with Gasteiger partial charge in [0.2, 0.25) is 5.91 Å². The van der Waals surface area contributed by atoms with Crippen molar-refractivity contribution in [3.63, 3.8) is 0 Å². The lowest BCUT2D eigenvalue weighted by Gasteiger charge is -2.20. The Kier molecular flexibility index (Phi) is 6.66. The number of amides is 2. The van der Waals surface area contributed by atoms with E-state index in [2.05, 4.69) is 15.4 Å². The summed E-state index contributed by atoms with van der Waals surface area (Å²) in [5.41, 5.74) is 0.545. The Balaban J connectivity index is 1.27. The van der Waals surface area contributed by atoms with Crippen LogP contribution in [0, 0.1) is 0 Å². The molecule has 4 rings (SSSR count). The number of hydrogen-bond donors (Lipinski definition) is 1. The van der Waals surface area contributed by atoms with Gasteiger partial charge in [-0.1, -0.05) is 0 Å². The van der Waals surface area contributed by atoms with Crippen molar-refractivity contribution in [2.24, 2.45) is 0 Å². The second kappa shape index (κ2) is 9.59. The van der Waals surface area contributed by atoms with Gasteiger partial charge in [-0.25, -0.2) is 4.98 Å². The lowest BCUT2D eigenvalue weighted by Crippen LogP contribution is -2.41. The van der Waals surface area contributed by atoms with Gasteiger partial charge in [-0.3, -0.25) is 14.3 Å². The molecule has 2 aliphatic rings. The molecular weight excluding hydrogens is 406 g/mol. The first kappa shape index (κ1) is 20.8. The third-order valence-corrected chi connectivity index (χ3v) is 5.96. The minimum Gasteiger partial charge on any atom is -0.371 e. The fourth-order valence-electron chi connectivity index (χ4n) is 3.67. The first-order valence-corrected chi connectivity index (χ1v) is 11.1. The monoisotopic (exact) mass is 431 g/mol. The predicted octanol–water partition coefficient (Wildman–Crippen LogP) is 0.815. The third kappa shape index (κ3) is 4.82. The first-order valence-electron chi connectivity index (χ1n) is 9.92. The quantitative estimate of drug-likeness (QED) is 0.676. The zero-order valence-corrected chi connectivity index (χ0v) is 17.6. The van der Waals surface area contributed by atoms with Crippen molar-refractivity contribution in [3.8, 4) is 0 Å². The number of rotatable bonds is 6. The second-order valence-corrected chi connectivity index (χ2v) is 8.09. The molecule has 0 unspecified atom stereocenters. The second-order valence-electron chi connectivity index (χ2n) is 7.29. The van der Waals surface area contributed by atoms with E-state index in [0.29, 0.717) is 49.9 Å². The van der Waals surface area contributed by atoms with Gasteiger partial charge >= 0.3 is 0 Å². The van der Waals surface area contributed by atoms with Gasteiger partial charge in [0.1, 0.15) is 17.2 Å². The number of aromatic nitrogens is 3. The Hall–Kier alpha value is -2.43. The number of pyridine rings is 1. The highest BCUT2D eigenvalue weighted by Crippen LogP contribution is 2.22. The number of thioether (sulfide) groups is 1. The lowest BCUT2D eigenvalue weighted by atomic mass is 10.2. The van der Waals surface area contributed by atoms with Gasteiger partial charge in [-0.2, -0.15) is 5.10 Å². The number of carbonyl (C=O) groups is 2. The highest BCUT2D eigenvalue weighted by atomic mass is 32.2. The normalized spacial score (nSPS) is 21.8. The van der Waals surface area contributed by atoms with Gasteiger partial charge in [-0.15, -0.1) is 11.8 Å². The van der Waals surface area contributed by atoms with E-state index in [0.717, 1.165) is 0 Å². The molecule has 2 fully saturated rings. The molecule has 4 heterocycles. The maximum Gasteiger partial charge on any atom is 0.254 e. The molecule has 2 amide bonds. The summed E-state index contributed by atoms with van der Waals surface area (Å²) in [5, 5.41) is 7.78. The summed E-state index contributed by atoms with van der Waals surface area (Å²) in [6, 6.07) is 5.10. The zero-order valence-electron chi connectivity index (χ0n) is 16.8. The molecule has 0 spiro atoms. The molecule has 0 saturated carbocycles. The Morgan fingerprint density at radius 2 is 1.97 bits per heavy atom. The van der Waals surface area contributed by atoms with E-state index in [9.17, 15) is 9.59 Å². The number of hydrogen-bond acceptors (Lipinski definition) is 7. The van der Waals surface area contributed by atoms with Crippen molar-refractivity contribution < 1.29 is 19.1 Å². The van der Waals surface area contributed by atoms with Crippen LogP contribution in [0.15, 0.2) is 41.8 Å². The molecule has 10 heteroatoms. The number of nitrogens with zero attached hydrogens (tertiary/aromatic N) is 4. The molecule has 30 heavy (non-hydrogen) atoms. The average molecular weight is 432 g/mol. The maximum absolute atomic E-state index is 12.6. The van der Waals surface area contributed by atoms with Gasteiger partial charge in [-0.05, 0) is 24.5 Å². The first-order chi connectivity index (χ1) is 14.6. The van der Waals surface area contributed by atoms with Crippen LogP contribution in [-0.2, 0) is 20.8 Å². The Morgan fingerprint density at radius 1 is 1.20 bits per heavy atom. The number of ether oxygens (including phenoxy) is 2. The van der Waals surface area contributed by atoms with E-state index in [1.54, 1.807) is 34.1 Å². The van der Waals surface area contributed by atoms with E-state index in [1.807, 2.05) is 18.5 Å². The SMILES string of the molecule is CSc1ncccc1C(=O)NC1CO[C@H]2CN(C(=O)CCn3cccn3)C[C@@H]2OC1. The van der Waals surface area contributed by atoms with E-state index in [-0.39, 0.29) is 30.1 Å². The smallest absolute Gasteiger partial charge is 0.254 e. The van der Waals surface area contributed by atoms with Crippen LogP contribution in [-0.4, -0.2) is 82.3 Å². The third-order valence-electron chi connectivity index (χ3n) is 5.25. The molecular formula is C20H25N5O4S. The van der Waals surface area contributed by atoms with Crippen molar-refractivity contribution in [1.29, 1.82) is 0 Å². The van der Waals surface area contributed by atoms with Crippen LogP contribution in [0.3, 0.4) is 0 Å². The number of carbonyl (C=O) groups excluding carboxylic acids is 2. The fourth-order valence-corrected chi connectivity index (χ4v) is 4.22. The number of nitrogens with one attached hydrogen (secondary N) is 1. The van der Waals surface area contributed by atoms with E-state index >= 15 is 0 Å². The number of likely N-dealkylation sites (tertiary alicyclic amines) is 1. The number of fused-ring (bicyclic) bond motifs is 1. The fraction of sp³-hybridized carbons (Fsp3) is 0.500. The van der Waals surface area contributed by atoms with Crippen molar-refractivity contribution in [2.45, 2.75) is 36.2 Å². The minimum absolute atomic E-state index is 0.0665. The summed E-state index contributed by atoms with van der Waals surface area (Å²) in [4.78, 5) is 31.2. The van der Waals surface area contributed by atoms with Crippen molar-refractivity contribution in [3.05, 3.63) is 42.4 Å². The molecule has 0 aromatic carbocycles. The molecule has 1 N–H and O–H groups in total. The molecule has 2 aromatic rings. The summed E-state index contributed by atoms with van der Waals surface area (Å²) in [7, 11) is 0. The maximum atomic E-state index is 12.6. The highest BCUT2D eigenvalue weighted by Gasteiger charge is 2.39. The van der Waals surface area contributed by atoms with Gasteiger partial charge in [0.15, 0.2) is 0 Å². The van der Waals surface area contributed by atoms with Crippen molar-refractivity contribution in [2.75, 3.05) is 32.6 Å². The highest BCUT2D eigenvalue weighted by molar-refractivity contribution is 7.98. The van der Waals surface area contributed by atoms with Gasteiger partial charge in [0.05, 0.1) is 24.8 Å². The summed E-state index contributed by atoms with van der Waals surface area (Å²) < 4.78 is 13.7. The summed E-state index contributed by atoms with van der Waals surface area (Å²) in [6.07, 6.45) is 7.13. The molecule has 2 aromatic heterocycles. The van der Waals surface area contributed by atoms with E-state index < -0.39 is 0 Å². The van der Waals surface area contributed by atoms with E-state index in [1.165, 1.54) is 11.8 Å². The molecule has 160 valence electrons. The Labute approximate surface area is 179 Å². The molecule has 0 bridgehead atoms. The molecule has 2 atom stereocenters. The molecule has 9 nitrogen and oxygen atoms in total. The molecule has 0 radical (unpaired) electrons. The molecule has 2 aliphatic heterocycles. The van der Waals surface area contributed by atoms with Gasteiger partial charge in [0, 0.05) is 44.6 Å². The summed E-state index contributed by atoms with van der Waals surface area (Å²) >= 11 is 1.43. The lowest BCUT2D eigenvalue weighted by molar-refractivity contribution is -0.131.